The highest BCUT2D eigenvalue weighted by molar-refractivity contribution is 5.27. The molecule has 1 aromatic carbocycles. The quantitative estimate of drug-likeness (QED) is 0.815. The Kier molecular flexibility index (Phi) is 5.18. The average Bonchev–Trinajstić information content (AvgIpc) is 2.99. The summed E-state index contributed by atoms with van der Waals surface area (Å²) in [6, 6.07) is 8.91. The topological polar surface area (TPSA) is 49.9 Å². The first-order chi connectivity index (χ1) is 9.72. The number of aromatic amines is 1. The zero-order valence-electron chi connectivity index (χ0n) is 12.4. The van der Waals surface area contributed by atoms with E-state index in [0.29, 0.717) is 6.04 Å². The van der Waals surface area contributed by atoms with Crippen molar-refractivity contribution in [1.29, 1.82) is 0 Å². The number of nitrogens with zero attached hydrogens (tertiary/aromatic N) is 1. The molecule has 0 spiro atoms. The standard InChI is InChI=1S/C16H23N3O/c1-4-15(16-17-9-10-18-16)19-12(2)11-13-5-7-14(20-3)8-6-13/h5-10,12,15,19H,4,11H2,1-3H3,(H,17,18). The van der Waals surface area contributed by atoms with Gasteiger partial charge >= 0.3 is 0 Å². The average molecular weight is 273 g/mol. The van der Waals surface area contributed by atoms with Crippen LogP contribution in [0.5, 0.6) is 5.75 Å². The number of ether oxygens (including phenoxy) is 1. The van der Waals surface area contributed by atoms with Crippen LogP contribution >= 0.6 is 0 Å². The van der Waals surface area contributed by atoms with Gasteiger partial charge in [-0.15, -0.1) is 0 Å². The summed E-state index contributed by atoms with van der Waals surface area (Å²) >= 11 is 0. The highest BCUT2D eigenvalue weighted by Gasteiger charge is 2.14. The van der Waals surface area contributed by atoms with Gasteiger partial charge < -0.3 is 15.0 Å². The van der Waals surface area contributed by atoms with Crippen molar-refractivity contribution >= 4 is 0 Å². The van der Waals surface area contributed by atoms with Crippen LogP contribution in [-0.4, -0.2) is 23.1 Å². The summed E-state index contributed by atoms with van der Waals surface area (Å²) in [4.78, 5) is 7.52. The van der Waals surface area contributed by atoms with Gasteiger partial charge in [0, 0.05) is 18.4 Å². The van der Waals surface area contributed by atoms with Crippen molar-refractivity contribution in [2.75, 3.05) is 7.11 Å². The Hall–Kier alpha value is -1.81. The molecular weight excluding hydrogens is 250 g/mol. The van der Waals surface area contributed by atoms with E-state index < -0.39 is 0 Å². The SMILES string of the molecule is CCC(NC(C)Cc1ccc(OC)cc1)c1ncc[nH]1. The van der Waals surface area contributed by atoms with E-state index in [4.69, 9.17) is 4.74 Å². The molecule has 1 heterocycles. The van der Waals surface area contributed by atoms with E-state index >= 15 is 0 Å². The summed E-state index contributed by atoms with van der Waals surface area (Å²) in [7, 11) is 1.69. The smallest absolute Gasteiger partial charge is 0.123 e. The van der Waals surface area contributed by atoms with Gasteiger partial charge in [-0.3, -0.25) is 0 Å². The van der Waals surface area contributed by atoms with E-state index in [0.717, 1.165) is 24.4 Å². The second kappa shape index (κ2) is 7.10. The fraction of sp³-hybridized carbons (Fsp3) is 0.438. The Morgan fingerprint density at radius 2 is 2.05 bits per heavy atom. The zero-order valence-corrected chi connectivity index (χ0v) is 12.4. The third kappa shape index (κ3) is 3.84. The summed E-state index contributed by atoms with van der Waals surface area (Å²) in [5.41, 5.74) is 1.31. The van der Waals surface area contributed by atoms with E-state index in [1.54, 1.807) is 13.3 Å². The van der Waals surface area contributed by atoms with Gasteiger partial charge in [-0.25, -0.2) is 4.98 Å². The molecule has 20 heavy (non-hydrogen) atoms. The Bertz CT molecular complexity index is 493. The molecule has 4 heteroatoms. The van der Waals surface area contributed by atoms with Crippen LogP contribution in [-0.2, 0) is 6.42 Å². The molecule has 0 saturated carbocycles. The lowest BCUT2D eigenvalue weighted by Crippen LogP contribution is -2.32. The van der Waals surface area contributed by atoms with Crippen molar-refractivity contribution in [2.24, 2.45) is 0 Å². The van der Waals surface area contributed by atoms with Crippen molar-refractivity contribution in [3.8, 4) is 5.75 Å². The van der Waals surface area contributed by atoms with Gasteiger partial charge in [0.25, 0.3) is 0 Å². The van der Waals surface area contributed by atoms with Crippen LogP contribution in [0.4, 0.5) is 0 Å². The van der Waals surface area contributed by atoms with Crippen LogP contribution in [0.2, 0.25) is 0 Å². The summed E-state index contributed by atoms with van der Waals surface area (Å²) < 4.78 is 5.18. The van der Waals surface area contributed by atoms with Crippen molar-refractivity contribution < 1.29 is 4.74 Å². The number of nitrogens with one attached hydrogen (secondary N) is 2. The number of hydrogen-bond acceptors (Lipinski definition) is 3. The number of hydrogen-bond donors (Lipinski definition) is 2. The second-order valence-corrected chi connectivity index (χ2v) is 5.06. The summed E-state index contributed by atoms with van der Waals surface area (Å²) in [5.74, 6) is 1.91. The number of benzene rings is 1. The van der Waals surface area contributed by atoms with E-state index in [1.807, 2.05) is 18.3 Å². The molecular formula is C16H23N3O. The molecule has 0 aliphatic carbocycles. The highest BCUT2D eigenvalue weighted by atomic mass is 16.5. The molecule has 2 atom stereocenters. The molecule has 108 valence electrons. The Morgan fingerprint density at radius 3 is 2.60 bits per heavy atom. The second-order valence-electron chi connectivity index (χ2n) is 5.06. The molecule has 0 saturated heterocycles. The fourth-order valence-electron chi connectivity index (χ4n) is 2.38. The predicted molar refractivity (Wildman–Crippen MR) is 80.9 cm³/mol. The maximum atomic E-state index is 5.18. The third-order valence-corrected chi connectivity index (χ3v) is 3.44. The molecule has 0 fully saturated rings. The van der Waals surface area contributed by atoms with E-state index in [2.05, 4.69) is 41.3 Å². The fourth-order valence-corrected chi connectivity index (χ4v) is 2.38. The van der Waals surface area contributed by atoms with Gasteiger partial charge in [0.2, 0.25) is 0 Å². The van der Waals surface area contributed by atoms with Crippen LogP contribution in [0.15, 0.2) is 36.7 Å². The Labute approximate surface area is 120 Å². The number of methoxy groups -OCH3 is 1. The van der Waals surface area contributed by atoms with Gasteiger partial charge in [-0.2, -0.15) is 0 Å². The first-order valence-corrected chi connectivity index (χ1v) is 7.11. The minimum Gasteiger partial charge on any atom is -0.497 e. The van der Waals surface area contributed by atoms with Gasteiger partial charge in [-0.1, -0.05) is 19.1 Å². The zero-order chi connectivity index (χ0) is 14.4. The minimum absolute atomic E-state index is 0.276. The first-order valence-electron chi connectivity index (χ1n) is 7.11. The maximum absolute atomic E-state index is 5.18. The lowest BCUT2D eigenvalue weighted by atomic mass is 10.1. The molecule has 4 nitrogen and oxygen atoms in total. The van der Waals surface area contributed by atoms with E-state index in [9.17, 15) is 0 Å². The number of rotatable bonds is 7. The van der Waals surface area contributed by atoms with Crippen LogP contribution in [0.25, 0.3) is 0 Å². The minimum atomic E-state index is 0.276. The van der Waals surface area contributed by atoms with Crippen LogP contribution in [0.3, 0.4) is 0 Å². The van der Waals surface area contributed by atoms with Gasteiger partial charge in [0.05, 0.1) is 13.2 Å². The molecule has 0 aliphatic heterocycles. The number of imidazole rings is 1. The Morgan fingerprint density at radius 1 is 1.30 bits per heavy atom. The summed E-state index contributed by atoms with van der Waals surface area (Å²) in [6.45, 7) is 4.37. The lowest BCUT2D eigenvalue weighted by molar-refractivity contribution is 0.413. The molecule has 0 bridgehead atoms. The highest BCUT2D eigenvalue weighted by Crippen LogP contribution is 2.16. The molecule has 0 aliphatic rings. The summed E-state index contributed by atoms with van der Waals surface area (Å²) in [6.07, 6.45) is 5.67. The Balaban J connectivity index is 1.92. The van der Waals surface area contributed by atoms with Crippen LogP contribution < -0.4 is 10.1 Å². The van der Waals surface area contributed by atoms with Crippen molar-refractivity contribution in [1.82, 2.24) is 15.3 Å². The van der Waals surface area contributed by atoms with Crippen molar-refractivity contribution in [2.45, 2.75) is 38.8 Å². The van der Waals surface area contributed by atoms with E-state index in [-0.39, 0.29) is 6.04 Å². The first kappa shape index (κ1) is 14.6. The molecule has 2 aromatic rings. The van der Waals surface area contributed by atoms with Gasteiger partial charge in [0.1, 0.15) is 11.6 Å². The van der Waals surface area contributed by atoms with Gasteiger partial charge in [-0.05, 0) is 37.5 Å². The normalized spacial score (nSPS) is 13.9. The number of aromatic nitrogens is 2. The summed E-state index contributed by atoms with van der Waals surface area (Å²) in [5, 5.41) is 3.62. The van der Waals surface area contributed by atoms with Crippen molar-refractivity contribution in [3.05, 3.63) is 48.0 Å². The van der Waals surface area contributed by atoms with Crippen LogP contribution in [0.1, 0.15) is 37.7 Å². The molecule has 2 unspecified atom stereocenters. The molecule has 0 amide bonds. The third-order valence-electron chi connectivity index (χ3n) is 3.44. The molecule has 1 aromatic heterocycles. The predicted octanol–water partition coefficient (Wildman–Crippen LogP) is 3.09. The number of H-pyrrole nitrogens is 1. The van der Waals surface area contributed by atoms with Crippen molar-refractivity contribution in [3.63, 3.8) is 0 Å². The monoisotopic (exact) mass is 273 g/mol. The van der Waals surface area contributed by atoms with Gasteiger partial charge in [0.15, 0.2) is 0 Å². The maximum Gasteiger partial charge on any atom is 0.123 e. The lowest BCUT2D eigenvalue weighted by Gasteiger charge is -2.21. The van der Waals surface area contributed by atoms with E-state index in [1.165, 1.54) is 5.56 Å². The molecule has 0 radical (unpaired) electrons. The largest absolute Gasteiger partial charge is 0.497 e. The van der Waals surface area contributed by atoms with Crippen LogP contribution in [0, 0.1) is 0 Å². The molecule has 2 N–H and O–H groups in total. The molecule has 2 rings (SSSR count).